The van der Waals surface area contributed by atoms with Gasteiger partial charge in [0.15, 0.2) is 0 Å². The summed E-state index contributed by atoms with van der Waals surface area (Å²) < 4.78 is 5.36. The van der Waals surface area contributed by atoms with E-state index in [-0.39, 0.29) is 0 Å². The van der Waals surface area contributed by atoms with Crippen molar-refractivity contribution in [3.05, 3.63) is 29.8 Å². The lowest BCUT2D eigenvalue weighted by Gasteiger charge is -2.21. The predicted molar refractivity (Wildman–Crippen MR) is 67.1 cm³/mol. The van der Waals surface area contributed by atoms with Crippen LogP contribution in [0.15, 0.2) is 24.3 Å². The highest BCUT2D eigenvalue weighted by atomic mass is 35.5. The SMILES string of the molecule is COc1ccccc1CN(CCCl)C1CC1. The number of nitrogens with zero attached hydrogens (tertiary/aromatic N) is 1. The largest absolute Gasteiger partial charge is 0.496 e. The van der Waals surface area contributed by atoms with Crippen molar-refractivity contribution in [1.29, 1.82) is 0 Å². The first-order valence-electron chi connectivity index (χ1n) is 5.77. The van der Waals surface area contributed by atoms with Gasteiger partial charge in [-0.3, -0.25) is 4.90 Å². The van der Waals surface area contributed by atoms with Crippen LogP contribution in [0.25, 0.3) is 0 Å². The van der Waals surface area contributed by atoms with Gasteiger partial charge in [0.2, 0.25) is 0 Å². The Morgan fingerprint density at radius 2 is 2.12 bits per heavy atom. The molecular weight excluding hydrogens is 222 g/mol. The van der Waals surface area contributed by atoms with Crippen LogP contribution in [0.3, 0.4) is 0 Å². The number of methoxy groups -OCH3 is 1. The predicted octanol–water partition coefficient (Wildman–Crippen LogP) is 2.90. The molecule has 0 N–H and O–H groups in total. The van der Waals surface area contributed by atoms with E-state index in [0.29, 0.717) is 5.88 Å². The van der Waals surface area contributed by atoms with Crippen LogP contribution in [-0.4, -0.2) is 30.5 Å². The molecule has 0 unspecified atom stereocenters. The van der Waals surface area contributed by atoms with E-state index >= 15 is 0 Å². The smallest absolute Gasteiger partial charge is 0.123 e. The lowest BCUT2D eigenvalue weighted by atomic mass is 10.2. The van der Waals surface area contributed by atoms with Crippen molar-refractivity contribution in [2.75, 3.05) is 19.5 Å². The summed E-state index contributed by atoms with van der Waals surface area (Å²) in [5, 5.41) is 0. The van der Waals surface area contributed by atoms with Gasteiger partial charge in [-0.05, 0) is 18.9 Å². The van der Waals surface area contributed by atoms with Crippen LogP contribution in [0.5, 0.6) is 5.75 Å². The Labute approximate surface area is 102 Å². The second-order valence-corrected chi connectivity index (χ2v) is 4.58. The summed E-state index contributed by atoms with van der Waals surface area (Å²) in [6.07, 6.45) is 2.62. The molecule has 0 radical (unpaired) electrons. The fraction of sp³-hybridized carbons (Fsp3) is 0.538. The minimum Gasteiger partial charge on any atom is -0.496 e. The highest BCUT2D eigenvalue weighted by molar-refractivity contribution is 6.18. The average molecular weight is 240 g/mol. The molecule has 1 fully saturated rings. The Bertz CT molecular complexity index is 338. The lowest BCUT2D eigenvalue weighted by molar-refractivity contribution is 0.266. The molecule has 1 aromatic carbocycles. The molecule has 3 heteroatoms. The van der Waals surface area contributed by atoms with Crippen molar-refractivity contribution in [2.24, 2.45) is 0 Å². The van der Waals surface area contributed by atoms with Gasteiger partial charge in [-0.1, -0.05) is 18.2 Å². The van der Waals surface area contributed by atoms with Crippen LogP contribution < -0.4 is 4.74 Å². The molecule has 1 aromatic rings. The third-order valence-electron chi connectivity index (χ3n) is 3.00. The Balaban J connectivity index is 2.05. The highest BCUT2D eigenvalue weighted by Gasteiger charge is 2.28. The number of alkyl halides is 1. The van der Waals surface area contributed by atoms with E-state index in [2.05, 4.69) is 17.0 Å². The van der Waals surface area contributed by atoms with Crippen LogP contribution in [-0.2, 0) is 6.54 Å². The van der Waals surface area contributed by atoms with E-state index in [4.69, 9.17) is 16.3 Å². The van der Waals surface area contributed by atoms with Crippen LogP contribution in [0.2, 0.25) is 0 Å². The van der Waals surface area contributed by atoms with Crippen molar-refractivity contribution in [2.45, 2.75) is 25.4 Å². The van der Waals surface area contributed by atoms with Crippen LogP contribution in [0, 0.1) is 0 Å². The molecule has 88 valence electrons. The zero-order chi connectivity index (χ0) is 11.4. The van der Waals surface area contributed by atoms with E-state index < -0.39 is 0 Å². The summed E-state index contributed by atoms with van der Waals surface area (Å²) in [5.41, 5.74) is 1.25. The molecule has 0 atom stereocenters. The molecule has 0 spiro atoms. The maximum Gasteiger partial charge on any atom is 0.123 e. The Morgan fingerprint density at radius 3 is 2.75 bits per heavy atom. The summed E-state index contributed by atoms with van der Waals surface area (Å²) in [6.45, 7) is 1.91. The molecule has 0 aromatic heterocycles. The number of hydrogen-bond donors (Lipinski definition) is 0. The van der Waals surface area contributed by atoms with Crippen molar-refractivity contribution in [3.8, 4) is 5.75 Å². The lowest BCUT2D eigenvalue weighted by Crippen LogP contribution is -2.27. The number of ether oxygens (including phenoxy) is 1. The van der Waals surface area contributed by atoms with Gasteiger partial charge in [0.25, 0.3) is 0 Å². The number of para-hydroxylation sites is 1. The van der Waals surface area contributed by atoms with Gasteiger partial charge in [-0.25, -0.2) is 0 Å². The van der Waals surface area contributed by atoms with E-state index in [1.807, 2.05) is 12.1 Å². The Hall–Kier alpha value is -0.730. The van der Waals surface area contributed by atoms with Gasteiger partial charge < -0.3 is 4.74 Å². The molecule has 0 bridgehead atoms. The first-order valence-corrected chi connectivity index (χ1v) is 6.30. The van der Waals surface area contributed by atoms with Crippen molar-refractivity contribution >= 4 is 11.6 Å². The topological polar surface area (TPSA) is 12.5 Å². The van der Waals surface area contributed by atoms with Gasteiger partial charge >= 0.3 is 0 Å². The van der Waals surface area contributed by atoms with Gasteiger partial charge in [-0.15, -0.1) is 11.6 Å². The first-order chi connectivity index (χ1) is 7.85. The molecule has 1 aliphatic rings. The molecular formula is C13H18ClNO. The molecule has 2 nitrogen and oxygen atoms in total. The summed E-state index contributed by atoms with van der Waals surface area (Å²) in [6, 6.07) is 8.95. The molecule has 0 aliphatic heterocycles. The summed E-state index contributed by atoms with van der Waals surface area (Å²) in [5.74, 6) is 1.67. The third kappa shape index (κ3) is 2.89. The van der Waals surface area contributed by atoms with Crippen LogP contribution >= 0.6 is 11.6 Å². The molecule has 0 saturated heterocycles. The Morgan fingerprint density at radius 1 is 1.38 bits per heavy atom. The number of benzene rings is 1. The van der Waals surface area contributed by atoms with Crippen molar-refractivity contribution in [1.82, 2.24) is 4.90 Å². The van der Waals surface area contributed by atoms with Gasteiger partial charge in [0, 0.05) is 30.6 Å². The van der Waals surface area contributed by atoms with Crippen molar-refractivity contribution < 1.29 is 4.74 Å². The van der Waals surface area contributed by atoms with Gasteiger partial charge in [0.1, 0.15) is 5.75 Å². The fourth-order valence-electron chi connectivity index (χ4n) is 1.99. The third-order valence-corrected chi connectivity index (χ3v) is 3.17. The van der Waals surface area contributed by atoms with Gasteiger partial charge in [0.05, 0.1) is 7.11 Å². The fourth-order valence-corrected chi connectivity index (χ4v) is 2.21. The van der Waals surface area contributed by atoms with Crippen LogP contribution in [0.1, 0.15) is 18.4 Å². The van der Waals surface area contributed by atoms with E-state index in [1.165, 1.54) is 18.4 Å². The highest BCUT2D eigenvalue weighted by Crippen LogP contribution is 2.30. The second kappa shape index (κ2) is 5.55. The number of rotatable bonds is 6. The number of halogens is 1. The molecule has 0 heterocycles. The normalized spacial score (nSPS) is 15.4. The van der Waals surface area contributed by atoms with Gasteiger partial charge in [-0.2, -0.15) is 0 Å². The minimum absolute atomic E-state index is 0.700. The summed E-state index contributed by atoms with van der Waals surface area (Å²) >= 11 is 5.84. The maximum absolute atomic E-state index is 5.84. The maximum atomic E-state index is 5.84. The quantitative estimate of drug-likeness (QED) is 0.708. The molecule has 1 aliphatic carbocycles. The second-order valence-electron chi connectivity index (χ2n) is 4.20. The minimum atomic E-state index is 0.700. The zero-order valence-corrected chi connectivity index (χ0v) is 10.4. The van der Waals surface area contributed by atoms with E-state index in [0.717, 1.165) is 24.9 Å². The summed E-state index contributed by atoms with van der Waals surface area (Å²) in [4.78, 5) is 2.45. The first kappa shape index (κ1) is 11.7. The number of hydrogen-bond acceptors (Lipinski definition) is 2. The monoisotopic (exact) mass is 239 g/mol. The average Bonchev–Trinajstić information content (AvgIpc) is 3.13. The standard InChI is InChI=1S/C13H18ClNO/c1-16-13-5-3-2-4-11(13)10-15(9-8-14)12-6-7-12/h2-5,12H,6-10H2,1H3. The molecule has 16 heavy (non-hydrogen) atoms. The van der Waals surface area contributed by atoms with Crippen LogP contribution in [0.4, 0.5) is 0 Å². The van der Waals surface area contributed by atoms with E-state index in [1.54, 1.807) is 7.11 Å². The molecule has 2 rings (SSSR count). The summed E-state index contributed by atoms with van der Waals surface area (Å²) in [7, 11) is 1.72. The molecule has 0 amide bonds. The molecule has 1 saturated carbocycles. The zero-order valence-electron chi connectivity index (χ0n) is 9.66. The van der Waals surface area contributed by atoms with E-state index in [9.17, 15) is 0 Å². The Kier molecular flexibility index (Phi) is 4.08. The van der Waals surface area contributed by atoms with Crippen molar-refractivity contribution in [3.63, 3.8) is 0 Å².